The van der Waals surface area contributed by atoms with Gasteiger partial charge < -0.3 is 14.4 Å². The lowest BCUT2D eigenvalue weighted by Gasteiger charge is -2.29. The number of hydrogen-bond acceptors (Lipinski definition) is 6. The smallest absolute Gasteiger partial charge is 0.410 e. The van der Waals surface area contributed by atoms with Crippen LogP contribution in [0.3, 0.4) is 0 Å². The molecule has 122 valence electrons. The van der Waals surface area contributed by atoms with Crippen molar-refractivity contribution in [3.8, 4) is 0 Å². The molecule has 22 heavy (non-hydrogen) atoms. The molecule has 0 unspecified atom stereocenters. The summed E-state index contributed by atoms with van der Waals surface area (Å²) in [7, 11) is 1.33. The summed E-state index contributed by atoms with van der Waals surface area (Å²) in [4.78, 5) is 29.9. The summed E-state index contributed by atoms with van der Waals surface area (Å²) in [6.45, 7) is 6.37. The normalized spacial score (nSPS) is 14.5. The van der Waals surface area contributed by atoms with Crippen LogP contribution in [0.4, 0.5) is 4.79 Å². The van der Waals surface area contributed by atoms with Crippen molar-refractivity contribution in [2.45, 2.75) is 39.3 Å². The molecule has 8 heteroatoms. The second-order valence-corrected chi connectivity index (χ2v) is 6.68. The third kappa shape index (κ3) is 3.37. The summed E-state index contributed by atoms with van der Waals surface area (Å²) in [5, 5.41) is 0. The van der Waals surface area contributed by atoms with Crippen molar-refractivity contribution in [2.75, 3.05) is 19.9 Å². The topological polar surface area (TPSA) is 73.7 Å². The molecule has 0 atom stereocenters. The van der Waals surface area contributed by atoms with E-state index in [0.717, 1.165) is 5.69 Å². The van der Waals surface area contributed by atoms with Crippen LogP contribution in [0.25, 0.3) is 0 Å². The van der Waals surface area contributed by atoms with Gasteiger partial charge in [0.05, 0.1) is 25.0 Å². The third-order valence-corrected chi connectivity index (χ3v) is 3.93. The molecule has 0 fully saturated rings. The molecule has 1 amide bonds. The van der Waals surface area contributed by atoms with E-state index in [2.05, 4.69) is 4.98 Å². The highest BCUT2D eigenvalue weighted by Crippen LogP contribution is 2.25. The molecule has 1 aliphatic heterocycles. The van der Waals surface area contributed by atoms with Crippen LogP contribution >= 0.6 is 11.9 Å². The molecule has 0 radical (unpaired) electrons. The first kappa shape index (κ1) is 16.7. The number of ether oxygens (including phenoxy) is 2. The molecule has 7 nitrogen and oxygen atoms in total. The standard InChI is InChI=1S/C14H21N3O4S/c1-14(2,3)21-13(19)16-7-6-10-9(8-16)15-11(12(18)20-4)17(10)22-5/h6-8H2,1-5H3. The van der Waals surface area contributed by atoms with E-state index in [0.29, 0.717) is 25.2 Å². The number of fused-ring (bicyclic) bond motifs is 1. The molecule has 0 aliphatic carbocycles. The number of amides is 1. The molecule has 2 heterocycles. The lowest BCUT2D eigenvalue weighted by molar-refractivity contribution is 0.0220. The number of methoxy groups -OCH3 is 1. The zero-order valence-corrected chi connectivity index (χ0v) is 14.3. The summed E-state index contributed by atoms with van der Waals surface area (Å²) < 4.78 is 11.9. The Balaban J connectivity index is 2.22. The largest absolute Gasteiger partial charge is 0.463 e. The predicted octanol–water partition coefficient (Wildman–Crippen LogP) is 2.09. The Bertz CT molecular complexity index is 592. The van der Waals surface area contributed by atoms with Crippen LogP contribution in [0.15, 0.2) is 0 Å². The number of nitrogens with zero attached hydrogens (tertiary/aromatic N) is 3. The van der Waals surface area contributed by atoms with Crippen LogP contribution in [0.5, 0.6) is 0 Å². The van der Waals surface area contributed by atoms with Gasteiger partial charge in [0, 0.05) is 19.2 Å². The maximum Gasteiger partial charge on any atom is 0.410 e. The monoisotopic (exact) mass is 327 g/mol. The van der Waals surface area contributed by atoms with Gasteiger partial charge in [0.2, 0.25) is 5.82 Å². The molecule has 1 aromatic heterocycles. The van der Waals surface area contributed by atoms with Gasteiger partial charge in [-0.2, -0.15) is 0 Å². The molecular formula is C14H21N3O4S. The van der Waals surface area contributed by atoms with Crippen LogP contribution in [-0.2, 0) is 22.4 Å². The maximum atomic E-state index is 12.1. The van der Waals surface area contributed by atoms with E-state index in [4.69, 9.17) is 9.47 Å². The number of carbonyl (C=O) groups excluding carboxylic acids is 2. The predicted molar refractivity (Wildman–Crippen MR) is 82.8 cm³/mol. The number of esters is 1. The maximum absolute atomic E-state index is 12.1. The lowest BCUT2D eigenvalue weighted by Crippen LogP contribution is -2.40. The first-order valence-electron chi connectivity index (χ1n) is 6.98. The molecule has 1 aromatic rings. The zero-order chi connectivity index (χ0) is 16.5. The first-order chi connectivity index (χ1) is 10.3. The second kappa shape index (κ2) is 6.20. The highest BCUT2D eigenvalue weighted by atomic mass is 32.2. The van der Waals surface area contributed by atoms with Gasteiger partial charge in [0.15, 0.2) is 0 Å². The van der Waals surface area contributed by atoms with Crippen molar-refractivity contribution in [1.82, 2.24) is 13.9 Å². The van der Waals surface area contributed by atoms with Crippen molar-refractivity contribution in [3.05, 3.63) is 17.2 Å². The zero-order valence-electron chi connectivity index (χ0n) is 13.5. The fourth-order valence-corrected chi connectivity index (χ4v) is 2.96. The van der Waals surface area contributed by atoms with Crippen LogP contribution in [0, 0.1) is 0 Å². The van der Waals surface area contributed by atoms with Gasteiger partial charge in [0.25, 0.3) is 0 Å². The summed E-state index contributed by atoms with van der Waals surface area (Å²) in [6.07, 6.45) is 2.13. The Kier molecular flexibility index (Phi) is 4.69. The molecule has 0 N–H and O–H groups in total. The molecule has 0 saturated heterocycles. The lowest BCUT2D eigenvalue weighted by atomic mass is 10.1. The highest BCUT2D eigenvalue weighted by molar-refractivity contribution is 7.97. The molecule has 0 aromatic carbocycles. The number of hydrogen-bond donors (Lipinski definition) is 0. The van der Waals surface area contributed by atoms with E-state index in [9.17, 15) is 9.59 Å². The van der Waals surface area contributed by atoms with E-state index in [-0.39, 0.29) is 11.9 Å². The Morgan fingerprint density at radius 1 is 1.32 bits per heavy atom. The van der Waals surface area contributed by atoms with Gasteiger partial charge in [-0.05, 0) is 32.7 Å². The van der Waals surface area contributed by atoms with Crippen molar-refractivity contribution >= 4 is 24.0 Å². The van der Waals surface area contributed by atoms with Gasteiger partial charge >= 0.3 is 12.1 Å². The first-order valence-corrected chi connectivity index (χ1v) is 8.16. The minimum absolute atomic E-state index is 0.256. The highest BCUT2D eigenvalue weighted by Gasteiger charge is 2.31. The van der Waals surface area contributed by atoms with Crippen LogP contribution in [-0.4, -0.2) is 51.4 Å². The van der Waals surface area contributed by atoms with E-state index in [1.165, 1.54) is 19.1 Å². The van der Waals surface area contributed by atoms with Crippen LogP contribution < -0.4 is 0 Å². The van der Waals surface area contributed by atoms with Crippen molar-refractivity contribution in [1.29, 1.82) is 0 Å². The number of aromatic nitrogens is 2. The summed E-state index contributed by atoms with van der Waals surface area (Å²) in [5.41, 5.74) is 1.13. The molecule has 2 rings (SSSR count). The Labute approximate surface area is 134 Å². The summed E-state index contributed by atoms with van der Waals surface area (Å²) in [6, 6.07) is 0. The SMILES string of the molecule is COC(=O)c1nc2c(n1SC)CCN(C(=O)OC(C)(C)C)C2. The van der Waals surface area contributed by atoms with Gasteiger partial charge in [-0.15, -0.1) is 0 Å². The molecule has 1 aliphatic rings. The van der Waals surface area contributed by atoms with E-state index in [1.54, 1.807) is 8.87 Å². The molecule has 0 spiro atoms. The van der Waals surface area contributed by atoms with E-state index < -0.39 is 11.6 Å². The summed E-state index contributed by atoms with van der Waals surface area (Å²) in [5.74, 6) is -0.224. The van der Waals surface area contributed by atoms with Gasteiger partial charge in [-0.1, -0.05) is 0 Å². The fraction of sp³-hybridized carbons (Fsp3) is 0.643. The van der Waals surface area contributed by atoms with E-state index >= 15 is 0 Å². The second-order valence-electron chi connectivity index (χ2n) is 5.95. The average molecular weight is 327 g/mol. The fourth-order valence-electron chi connectivity index (χ4n) is 2.25. The van der Waals surface area contributed by atoms with Crippen LogP contribution in [0.2, 0.25) is 0 Å². The molecule has 0 bridgehead atoms. The van der Waals surface area contributed by atoms with Crippen molar-refractivity contribution in [2.24, 2.45) is 0 Å². The van der Waals surface area contributed by atoms with Crippen molar-refractivity contribution < 1.29 is 19.1 Å². The minimum Gasteiger partial charge on any atom is -0.463 e. The van der Waals surface area contributed by atoms with Gasteiger partial charge in [-0.3, -0.25) is 3.97 Å². The number of rotatable bonds is 2. The Morgan fingerprint density at radius 2 is 2.00 bits per heavy atom. The van der Waals surface area contributed by atoms with Crippen LogP contribution in [0.1, 0.15) is 42.8 Å². The number of imidazole rings is 1. The van der Waals surface area contributed by atoms with Crippen molar-refractivity contribution in [3.63, 3.8) is 0 Å². The van der Waals surface area contributed by atoms with Gasteiger partial charge in [-0.25, -0.2) is 14.6 Å². The van der Waals surface area contributed by atoms with Gasteiger partial charge in [0.1, 0.15) is 5.60 Å². The Hall–Kier alpha value is -1.70. The molecular weight excluding hydrogens is 306 g/mol. The average Bonchev–Trinajstić information content (AvgIpc) is 2.82. The van der Waals surface area contributed by atoms with E-state index in [1.807, 2.05) is 27.0 Å². The third-order valence-electron chi connectivity index (χ3n) is 3.17. The Morgan fingerprint density at radius 3 is 2.55 bits per heavy atom. The summed E-state index contributed by atoms with van der Waals surface area (Å²) >= 11 is 1.40. The quantitative estimate of drug-likeness (QED) is 0.774. The number of carbonyl (C=O) groups is 2. The minimum atomic E-state index is -0.535. The molecule has 0 saturated carbocycles.